The van der Waals surface area contributed by atoms with Crippen molar-refractivity contribution in [3.63, 3.8) is 0 Å². The van der Waals surface area contributed by atoms with Crippen LogP contribution in [0.5, 0.6) is 0 Å². The summed E-state index contributed by atoms with van der Waals surface area (Å²) in [5.41, 5.74) is 4.65. The van der Waals surface area contributed by atoms with Crippen molar-refractivity contribution in [1.29, 1.82) is 0 Å². The number of hydrogen-bond acceptors (Lipinski definition) is 5. The van der Waals surface area contributed by atoms with Gasteiger partial charge in [0, 0.05) is 18.7 Å². The van der Waals surface area contributed by atoms with Crippen LogP contribution in [0.3, 0.4) is 0 Å². The number of nitrogens with zero attached hydrogens (tertiary/aromatic N) is 1. The molecule has 120 valence electrons. The lowest BCUT2D eigenvalue weighted by Gasteiger charge is -2.48. The summed E-state index contributed by atoms with van der Waals surface area (Å²) in [7, 11) is 0. The molecule has 4 aliphatic heterocycles. The van der Waals surface area contributed by atoms with E-state index in [2.05, 4.69) is 29.2 Å². The Balaban J connectivity index is 1.70. The predicted molar refractivity (Wildman–Crippen MR) is 87.9 cm³/mol. The molecule has 23 heavy (non-hydrogen) atoms. The van der Waals surface area contributed by atoms with E-state index in [1.54, 1.807) is 11.8 Å². The first-order valence-electron chi connectivity index (χ1n) is 8.27. The average molecular weight is 329 g/mol. The van der Waals surface area contributed by atoms with Crippen molar-refractivity contribution >= 4 is 17.7 Å². The molecule has 4 heterocycles. The molecular formula is C18H19NO3S. The largest absolute Gasteiger partial charge is 0.453 e. The normalized spacial score (nSPS) is 35.2. The van der Waals surface area contributed by atoms with Crippen LogP contribution in [-0.2, 0) is 20.7 Å². The van der Waals surface area contributed by atoms with Crippen LogP contribution in [0.2, 0.25) is 0 Å². The minimum atomic E-state index is -0.511. The standard InChI is InChI=1S/C18H19NO3S/c1-11-16-15(17(20)22-11)18(21-8-9-23-18)10-14-13-5-3-2-4-12(13)6-7-19(14)16/h2-5,11,14H,6-10H2,1H3. The fourth-order valence-corrected chi connectivity index (χ4v) is 5.82. The Labute approximate surface area is 139 Å². The molecule has 5 rings (SSSR count). The van der Waals surface area contributed by atoms with Crippen molar-refractivity contribution in [3.05, 3.63) is 46.7 Å². The topological polar surface area (TPSA) is 38.8 Å². The lowest BCUT2D eigenvalue weighted by atomic mass is 9.83. The van der Waals surface area contributed by atoms with Gasteiger partial charge in [0.1, 0.15) is 11.7 Å². The summed E-state index contributed by atoms with van der Waals surface area (Å²) in [6, 6.07) is 8.96. The lowest BCUT2D eigenvalue weighted by Crippen LogP contribution is -2.47. The van der Waals surface area contributed by atoms with Crippen LogP contribution in [0.1, 0.15) is 30.5 Å². The van der Waals surface area contributed by atoms with Gasteiger partial charge in [-0.1, -0.05) is 24.3 Å². The van der Waals surface area contributed by atoms with Crippen LogP contribution in [0.15, 0.2) is 35.5 Å². The van der Waals surface area contributed by atoms with Gasteiger partial charge in [-0.05, 0) is 24.5 Å². The molecule has 0 bridgehead atoms. The van der Waals surface area contributed by atoms with Crippen molar-refractivity contribution in [2.75, 3.05) is 18.9 Å². The third-order valence-corrected chi connectivity index (χ3v) is 6.77. The molecule has 4 aliphatic rings. The van der Waals surface area contributed by atoms with Crippen LogP contribution in [0.25, 0.3) is 0 Å². The summed E-state index contributed by atoms with van der Waals surface area (Å²) in [4.78, 5) is 14.4. The fraction of sp³-hybridized carbons (Fsp3) is 0.500. The van der Waals surface area contributed by atoms with Crippen LogP contribution in [-0.4, -0.2) is 40.8 Å². The van der Waals surface area contributed by atoms with Gasteiger partial charge in [-0.2, -0.15) is 0 Å². The highest BCUT2D eigenvalue weighted by molar-refractivity contribution is 8.01. The van der Waals surface area contributed by atoms with Gasteiger partial charge >= 0.3 is 5.97 Å². The molecule has 1 fully saturated rings. The molecule has 0 amide bonds. The molecule has 5 heteroatoms. The second-order valence-electron chi connectivity index (χ2n) is 6.62. The molecular weight excluding hydrogens is 310 g/mol. The number of carbonyl (C=O) groups excluding carboxylic acids is 1. The number of fused-ring (bicyclic) bond motifs is 5. The summed E-state index contributed by atoms with van der Waals surface area (Å²) < 4.78 is 11.7. The Hall–Kier alpha value is -1.46. The van der Waals surface area contributed by atoms with E-state index in [9.17, 15) is 4.79 Å². The zero-order chi connectivity index (χ0) is 15.6. The van der Waals surface area contributed by atoms with E-state index in [1.807, 2.05) is 6.92 Å². The summed E-state index contributed by atoms with van der Waals surface area (Å²) in [5.74, 6) is 0.756. The first-order chi connectivity index (χ1) is 11.2. The summed E-state index contributed by atoms with van der Waals surface area (Å²) in [6.07, 6.45) is 1.67. The van der Waals surface area contributed by atoms with Gasteiger partial charge in [-0.25, -0.2) is 4.79 Å². The molecule has 0 N–H and O–H groups in total. The van der Waals surface area contributed by atoms with Gasteiger partial charge in [0.05, 0.1) is 18.3 Å². The van der Waals surface area contributed by atoms with Gasteiger partial charge in [0.25, 0.3) is 0 Å². The maximum absolute atomic E-state index is 12.5. The summed E-state index contributed by atoms with van der Waals surface area (Å²) in [5, 5.41) is 0. The Morgan fingerprint density at radius 1 is 1.35 bits per heavy atom. The zero-order valence-corrected chi connectivity index (χ0v) is 13.9. The Morgan fingerprint density at radius 3 is 3.04 bits per heavy atom. The van der Waals surface area contributed by atoms with Gasteiger partial charge in [-0.15, -0.1) is 11.8 Å². The predicted octanol–water partition coefficient (Wildman–Crippen LogP) is 2.65. The van der Waals surface area contributed by atoms with Crippen molar-refractivity contribution in [3.8, 4) is 0 Å². The highest BCUT2D eigenvalue weighted by atomic mass is 32.2. The van der Waals surface area contributed by atoms with Crippen LogP contribution in [0.4, 0.5) is 0 Å². The number of cyclic esters (lactones) is 1. The molecule has 0 aromatic heterocycles. The van der Waals surface area contributed by atoms with Crippen molar-refractivity contribution < 1.29 is 14.3 Å². The van der Waals surface area contributed by atoms with E-state index in [1.165, 1.54) is 11.1 Å². The van der Waals surface area contributed by atoms with Crippen LogP contribution in [0, 0.1) is 0 Å². The molecule has 3 unspecified atom stereocenters. The Bertz CT molecular complexity index is 723. The first-order valence-corrected chi connectivity index (χ1v) is 9.26. The molecule has 4 nitrogen and oxygen atoms in total. The quantitative estimate of drug-likeness (QED) is 0.684. The zero-order valence-electron chi connectivity index (χ0n) is 13.1. The number of rotatable bonds is 0. The maximum atomic E-state index is 12.5. The molecule has 1 aromatic rings. The smallest absolute Gasteiger partial charge is 0.340 e. The lowest BCUT2D eigenvalue weighted by molar-refractivity contribution is -0.140. The second kappa shape index (κ2) is 4.77. The average Bonchev–Trinajstić information content (AvgIpc) is 3.13. The second-order valence-corrected chi connectivity index (χ2v) is 7.98. The molecule has 1 saturated heterocycles. The third kappa shape index (κ3) is 1.81. The maximum Gasteiger partial charge on any atom is 0.340 e. The molecule has 3 atom stereocenters. The highest BCUT2D eigenvalue weighted by Crippen LogP contribution is 2.56. The van der Waals surface area contributed by atoms with E-state index in [-0.39, 0.29) is 18.1 Å². The summed E-state index contributed by atoms with van der Waals surface area (Å²) >= 11 is 1.77. The monoisotopic (exact) mass is 329 g/mol. The number of thioether (sulfide) groups is 1. The number of benzene rings is 1. The van der Waals surface area contributed by atoms with Crippen LogP contribution >= 0.6 is 11.8 Å². The third-order valence-electron chi connectivity index (χ3n) is 5.45. The number of ether oxygens (including phenoxy) is 2. The highest BCUT2D eigenvalue weighted by Gasteiger charge is 2.57. The van der Waals surface area contributed by atoms with Gasteiger partial charge in [0.15, 0.2) is 4.93 Å². The van der Waals surface area contributed by atoms with Gasteiger partial charge in [-0.3, -0.25) is 0 Å². The van der Waals surface area contributed by atoms with Crippen molar-refractivity contribution in [1.82, 2.24) is 4.90 Å². The SMILES string of the molecule is CC1OC(=O)C2=C1N1CCc3ccccc3C1CC21OCCS1. The van der Waals surface area contributed by atoms with Crippen LogP contribution < -0.4 is 0 Å². The number of carbonyl (C=O) groups is 1. The van der Waals surface area contributed by atoms with Gasteiger partial charge < -0.3 is 14.4 Å². The molecule has 1 spiro atoms. The van der Waals surface area contributed by atoms with E-state index in [0.717, 1.165) is 36.4 Å². The molecule has 0 radical (unpaired) electrons. The van der Waals surface area contributed by atoms with E-state index >= 15 is 0 Å². The van der Waals surface area contributed by atoms with E-state index in [0.29, 0.717) is 6.61 Å². The Kier molecular flexibility index (Phi) is 2.89. The minimum Gasteiger partial charge on any atom is -0.453 e. The van der Waals surface area contributed by atoms with E-state index < -0.39 is 4.93 Å². The minimum absolute atomic E-state index is 0.174. The Morgan fingerprint density at radius 2 is 2.22 bits per heavy atom. The fourth-order valence-electron chi connectivity index (χ4n) is 4.54. The first kappa shape index (κ1) is 13.9. The van der Waals surface area contributed by atoms with Crippen molar-refractivity contribution in [2.24, 2.45) is 0 Å². The van der Waals surface area contributed by atoms with Crippen molar-refractivity contribution in [2.45, 2.75) is 36.8 Å². The summed E-state index contributed by atoms with van der Waals surface area (Å²) in [6.45, 7) is 3.64. The van der Waals surface area contributed by atoms with E-state index in [4.69, 9.17) is 9.47 Å². The number of esters is 1. The molecule has 0 aliphatic carbocycles. The van der Waals surface area contributed by atoms with Gasteiger partial charge in [0.2, 0.25) is 0 Å². The molecule has 1 aromatic carbocycles. The molecule has 0 saturated carbocycles. The number of hydrogen-bond donors (Lipinski definition) is 0.